The van der Waals surface area contributed by atoms with Crippen LogP contribution in [0.15, 0.2) is 10.5 Å². The monoisotopic (exact) mass is 283 g/mol. The Labute approximate surface area is 92.6 Å². The SMILES string of the molecule is NC(CC(=O)O)c1cc(Br)c(Cl)s1. The van der Waals surface area contributed by atoms with Crippen LogP contribution in [-0.4, -0.2) is 11.1 Å². The first-order chi connectivity index (χ1) is 6.00. The molecule has 1 unspecified atom stereocenters. The maximum atomic E-state index is 10.4. The van der Waals surface area contributed by atoms with Crippen LogP contribution in [-0.2, 0) is 4.79 Å². The van der Waals surface area contributed by atoms with E-state index in [1.807, 2.05) is 0 Å². The van der Waals surface area contributed by atoms with E-state index in [1.165, 1.54) is 11.3 Å². The van der Waals surface area contributed by atoms with Gasteiger partial charge in [-0.1, -0.05) is 11.6 Å². The normalized spacial score (nSPS) is 12.8. The van der Waals surface area contributed by atoms with Crippen molar-refractivity contribution < 1.29 is 9.90 Å². The fraction of sp³-hybridized carbons (Fsp3) is 0.286. The van der Waals surface area contributed by atoms with E-state index in [1.54, 1.807) is 6.07 Å². The Bertz CT molecular complexity index is 309. The lowest BCUT2D eigenvalue weighted by molar-refractivity contribution is -0.137. The Balaban J connectivity index is 2.77. The fourth-order valence-electron chi connectivity index (χ4n) is 0.835. The second kappa shape index (κ2) is 4.41. The molecule has 0 bridgehead atoms. The molecular formula is C7H7BrClNO2S. The number of carboxylic acids is 1. The number of nitrogens with two attached hydrogens (primary N) is 1. The van der Waals surface area contributed by atoms with Crippen LogP contribution >= 0.6 is 38.9 Å². The first-order valence-electron chi connectivity index (χ1n) is 3.43. The number of carboxylic acid groups (broad SMARTS) is 1. The Kier molecular flexibility index (Phi) is 3.73. The number of rotatable bonds is 3. The van der Waals surface area contributed by atoms with Gasteiger partial charge in [0.05, 0.1) is 6.42 Å². The van der Waals surface area contributed by atoms with E-state index in [2.05, 4.69) is 15.9 Å². The smallest absolute Gasteiger partial charge is 0.305 e. The van der Waals surface area contributed by atoms with Crippen molar-refractivity contribution in [1.82, 2.24) is 0 Å². The summed E-state index contributed by atoms with van der Waals surface area (Å²) < 4.78 is 1.35. The van der Waals surface area contributed by atoms with Crippen molar-refractivity contribution in [1.29, 1.82) is 0 Å². The summed E-state index contributed by atoms with van der Waals surface area (Å²) in [5, 5.41) is 8.50. The summed E-state index contributed by atoms with van der Waals surface area (Å²) in [5.74, 6) is -0.909. The predicted octanol–water partition coefficient (Wildman–Crippen LogP) is 2.64. The van der Waals surface area contributed by atoms with Crippen LogP contribution in [0.3, 0.4) is 0 Å². The summed E-state index contributed by atoms with van der Waals surface area (Å²) in [6.45, 7) is 0. The minimum Gasteiger partial charge on any atom is -0.481 e. The zero-order valence-corrected chi connectivity index (χ0v) is 9.62. The highest BCUT2D eigenvalue weighted by atomic mass is 79.9. The molecule has 1 heterocycles. The van der Waals surface area contributed by atoms with Crippen molar-refractivity contribution in [2.75, 3.05) is 0 Å². The molecule has 0 aliphatic rings. The fourth-order valence-corrected chi connectivity index (χ4v) is 2.57. The second-order valence-corrected chi connectivity index (χ2v) is 5.01. The van der Waals surface area contributed by atoms with Gasteiger partial charge in [0.2, 0.25) is 0 Å². The second-order valence-electron chi connectivity index (χ2n) is 2.47. The lowest BCUT2D eigenvalue weighted by atomic mass is 10.2. The molecule has 0 aliphatic heterocycles. The van der Waals surface area contributed by atoms with Crippen molar-refractivity contribution in [3.8, 4) is 0 Å². The number of hydrogen-bond acceptors (Lipinski definition) is 3. The van der Waals surface area contributed by atoms with E-state index < -0.39 is 12.0 Å². The van der Waals surface area contributed by atoms with Crippen molar-refractivity contribution in [2.24, 2.45) is 5.73 Å². The van der Waals surface area contributed by atoms with Gasteiger partial charge < -0.3 is 10.8 Å². The van der Waals surface area contributed by atoms with Gasteiger partial charge in [-0.25, -0.2) is 0 Å². The van der Waals surface area contributed by atoms with Gasteiger partial charge in [-0.05, 0) is 22.0 Å². The number of hydrogen-bond donors (Lipinski definition) is 2. The van der Waals surface area contributed by atoms with E-state index >= 15 is 0 Å². The van der Waals surface area contributed by atoms with Gasteiger partial charge in [-0.3, -0.25) is 4.79 Å². The molecule has 1 rings (SSSR count). The number of aliphatic carboxylic acids is 1. The summed E-state index contributed by atoms with van der Waals surface area (Å²) in [7, 11) is 0. The molecule has 13 heavy (non-hydrogen) atoms. The maximum Gasteiger partial charge on any atom is 0.305 e. The molecule has 0 saturated carbocycles. The van der Waals surface area contributed by atoms with Crippen LogP contribution in [0.4, 0.5) is 0 Å². The summed E-state index contributed by atoms with van der Waals surface area (Å²) in [6.07, 6.45) is -0.0801. The van der Waals surface area contributed by atoms with Gasteiger partial charge >= 0.3 is 5.97 Å². The molecule has 1 atom stereocenters. The van der Waals surface area contributed by atoms with E-state index in [4.69, 9.17) is 22.4 Å². The third-order valence-electron chi connectivity index (χ3n) is 1.42. The van der Waals surface area contributed by atoms with Crippen molar-refractivity contribution >= 4 is 44.8 Å². The Morgan fingerprint density at radius 2 is 2.46 bits per heavy atom. The van der Waals surface area contributed by atoms with Crippen LogP contribution < -0.4 is 5.73 Å². The van der Waals surface area contributed by atoms with Gasteiger partial charge in [0, 0.05) is 15.4 Å². The Morgan fingerprint density at radius 3 is 2.85 bits per heavy atom. The van der Waals surface area contributed by atoms with Gasteiger partial charge in [0.1, 0.15) is 4.34 Å². The van der Waals surface area contributed by atoms with Gasteiger partial charge in [-0.15, -0.1) is 11.3 Å². The highest BCUT2D eigenvalue weighted by Crippen LogP contribution is 2.35. The van der Waals surface area contributed by atoms with Crippen molar-refractivity contribution in [3.63, 3.8) is 0 Å². The summed E-state index contributed by atoms with van der Waals surface area (Å²) in [5.41, 5.74) is 5.63. The summed E-state index contributed by atoms with van der Waals surface area (Å²) >= 11 is 10.3. The van der Waals surface area contributed by atoms with Crippen LogP contribution in [0.2, 0.25) is 4.34 Å². The first-order valence-corrected chi connectivity index (χ1v) is 5.41. The van der Waals surface area contributed by atoms with Gasteiger partial charge in [-0.2, -0.15) is 0 Å². The standard InChI is InChI=1S/C7H7BrClNO2S/c8-3-1-5(13-7(3)9)4(10)2-6(11)12/h1,4H,2,10H2,(H,11,12). The molecule has 0 amide bonds. The van der Waals surface area contributed by atoms with Crippen molar-refractivity contribution in [3.05, 3.63) is 19.8 Å². The van der Waals surface area contributed by atoms with E-state index in [0.29, 0.717) is 4.34 Å². The Morgan fingerprint density at radius 1 is 1.85 bits per heavy atom. The van der Waals surface area contributed by atoms with E-state index in [-0.39, 0.29) is 6.42 Å². The quantitative estimate of drug-likeness (QED) is 0.897. The summed E-state index contributed by atoms with van der Waals surface area (Å²) in [6, 6.07) is 1.27. The highest BCUT2D eigenvalue weighted by Gasteiger charge is 2.14. The lowest BCUT2D eigenvalue weighted by Gasteiger charge is -2.04. The molecule has 3 N–H and O–H groups in total. The number of carbonyl (C=O) groups is 1. The van der Waals surface area contributed by atoms with Gasteiger partial charge in [0.15, 0.2) is 0 Å². The molecule has 72 valence electrons. The lowest BCUT2D eigenvalue weighted by Crippen LogP contribution is -2.13. The Hall–Kier alpha value is -0.100. The molecule has 0 aliphatic carbocycles. The number of halogens is 2. The molecule has 1 aromatic heterocycles. The number of thiophene rings is 1. The zero-order valence-electron chi connectivity index (χ0n) is 6.46. The molecule has 3 nitrogen and oxygen atoms in total. The third-order valence-corrected chi connectivity index (χ3v) is 4.03. The van der Waals surface area contributed by atoms with Crippen molar-refractivity contribution in [2.45, 2.75) is 12.5 Å². The predicted molar refractivity (Wildman–Crippen MR) is 56.2 cm³/mol. The largest absolute Gasteiger partial charge is 0.481 e. The first kappa shape index (κ1) is 11.0. The van der Waals surface area contributed by atoms with Crippen LogP contribution in [0.5, 0.6) is 0 Å². The minimum absolute atomic E-state index is 0.0801. The maximum absolute atomic E-state index is 10.4. The molecular weight excluding hydrogens is 278 g/mol. The molecule has 1 aromatic rings. The molecule has 0 fully saturated rings. The van der Waals surface area contributed by atoms with Crippen LogP contribution in [0.1, 0.15) is 17.3 Å². The average Bonchev–Trinajstić information content (AvgIpc) is 2.31. The van der Waals surface area contributed by atoms with Crippen LogP contribution in [0.25, 0.3) is 0 Å². The molecule has 0 aromatic carbocycles. The average molecular weight is 285 g/mol. The van der Waals surface area contributed by atoms with E-state index in [0.717, 1.165) is 9.35 Å². The van der Waals surface area contributed by atoms with E-state index in [9.17, 15) is 4.79 Å². The van der Waals surface area contributed by atoms with Crippen LogP contribution in [0, 0.1) is 0 Å². The topological polar surface area (TPSA) is 63.3 Å². The molecule has 0 spiro atoms. The summed E-state index contributed by atoms with van der Waals surface area (Å²) in [4.78, 5) is 11.1. The van der Waals surface area contributed by atoms with Gasteiger partial charge in [0.25, 0.3) is 0 Å². The minimum atomic E-state index is -0.909. The molecule has 6 heteroatoms. The molecule has 0 saturated heterocycles. The highest BCUT2D eigenvalue weighted by molar-refractivity contribution is 9.10. The zero-order chi connectivity index (χ0) is 10.0. The molecule has 0 radical (unpaired) electrons. The third kappa shape index (κ3) is 2.95.